The molecule has 0 aromatic heterocycles. The van der Waals surface area contributed by atoms with Crippen molar-refractivity contribution in [3.63, 3.8) is 0 Å². The molecule has 9 heteroatoms. The van der Waals surface area contributed by atoms with Gasteiger partial charge in [0.15, 0.2) is 0 Å². The van der Waals surface area contributed by atoms with Gasteiger partial charge in [-0.15, -0.1) is 0 Å². The van der Waals surface area contributed by atoms with Gasteiger partial charge in [-0.25, -0.2) is 13.2 Å². The second-order valence-corrected chi connectivity index (χ2v) is 11.2. The topological polar surface area (TPSA) is 116 Å². The van der Waals surface area contributed by atoms with Crippen LogP contribution in [-0.4, -0.2) is 26.1 Å². The van der Waals surface area contributed by atoms with Crippen LogP contribution in [0.1, 0.15) is 59.5 Å². The smallest absolute Gasteiger partial charge is 0.335 e. The molecule has 4 saturated carbocycles. The maximum atomic E-state index is 13.4. The van der Waals surface area contributed by atoms with E-state index in [2.05, 4.69) is 4.72 Å². The van der Waals surface area contributed by atoms with E-state index in [1.165, 1.54) is 24.3 Å². The standard InChI is InChI=1S/C23H21ClN2O5S/c24-18-7-20(31-12-23-8-13(9-23)10-23)19(5-16(18)11-25)26-32(29,30)21-6-15(22(27)28)3-4-17(21)14-1-2-14/h3-7,13-14,26H,1-2,8-10,12H2,(H,27,28). The van der Waals surface area contributed by atoms with Crippen LogP contribution in [0.15, 0.2) is 35.2 Å². The van der Waals surface area contributed by atoms with E-state index in [0.29, 0.717) is 12.2 Å². The van der Waals surface area contributed by atoms with Gasteiger partial charge in [-0.05, 0) is 67.7 Å². The van der Waals surface area contributed by atoms with Gasteiger partial charge < -0.3 is 9.84 Å². The highest BCUT2D eigenvalue weighted by Crippen LogP contribution is 2.64. The fraction of sp³-hybridized carbons (Fsp3) is 0.391. The molecule has 6 rings (SSSR count). The molecule has 0 amide bonds. The number of nitriles is 1. The van der Waals surface area contributed by atoms with E-state index in [9.17, 15) is 23.6 Å². The average molecular weight is 473 g/mol. The number of aromatic carboxylic acids is 1. The van der Waals surface area contributed by atoms with Crippen LogP contribution in [0, 0.1) is 22.7 Å². The second kappa shape index (κ2) is 7.39. The molecule has 2 N–H and O–H groups in total. The first-order valence-corrected chi connectivity index (χ1v) is 12.3. The Morgan fingerprint density at radius 2 is 1.97 bits per heavy atom. The minimum atomic E-state index is -4.15. The molecule has 0 atom stereocenters. The number of carbonyl (C=O) groups is 1. The summed E-state index contributed by atoms with van der Waals surface area (Å²) >= 11 is 6.18. The van der Waals surface area contributed by atoms with Gasteiger partial charge in [-0.2, -0.15) is 5.26 Å². The highest BCUT2D eigenvalue weighted by atomic mass is 35.5. The molecule has 4 aliphatic carbocycles. The van der Waals surface area contributed by atoms with E-state index in [4.69, 9.17) is 16.3 Å². The SMILES string of the molecule is N#Cc1cc(NS(=O)(=O)c2cc(C(=O)O)ccc2C2CC2)c(OCC23CC(C2)C3)cc1Cl. The Bertz CT molecular complexity index is 1260. The molecule has 0 radical (unpaired) electrons. The number of benzene rings is 2. The van der Waals surface area contributed by atoms with E-state index >= 15 is 0 Å². The fourth-order valence-electron chi connectivity index (χ4n) is 4.74. The van der Waals surface area contributed by atoms with Crippen molar-refractivity contribution >= 4 is 33.3 Å². The number of ether oxygens (including phenoxy) is 1. The minimum Gasteiger partial charge on any atom is -0.491 e. The first kappa shape index (κ1) is 21.1. The lowest BCUT2D eigenvalue weighted by atomic mass is 9.45. The van der Waals surface area contributed by atoms with Crippen LogP contribution < -0.4 is 9.46 Å². The number of nitrogens with one attached hydrogen (secondary N) is 1. The number of nitrogens with zero attached hydrogens (tertiary/aromatic N) is 1. The molecule has 4 fully saturated rings. The minimum absolute atomic E-state index is 0.0706. The normalized spacial score (nSPS) is 23.4. The Kier molecular flexibility index (Phi) is 4.88. The molecule has 2 aromatic rings. The summed E-state index contributed by atoms with van der Waals surface area (Å²) in [5.74, 6) is -0.0814. The van der Waals surface area contributed by atoms with Gasteiger partial charge in [-0.1, -0.05) is 17.7 Å². The van der Waals surface area contributed by atoms with Crippen LogP contribution in [0.3, 0.4) is 0 Å². The maximum absolute atomic E-state index is 13.4. The molecule has 0 heterocycles. The first-order valence-electron chi connectivity index (χ1n) is 10.5. The number of hydrogen-bond acceptors (Lipinski definition) is 5. The van der Waals surface area contributed by atoms with Crippen LogP contribution in [0.2, 0.25) is 5.02 Å². The predicted octanol–water partition coefficient (Wildman–Crippen LogP) is 4.77. The number of anilines is 1. The van der Waals surface area contributed by atoms with Gasteiger partial charge >= 0.3 is 5.97 Å². The summed E-state index contributed by atoms with van der Waals surface area (Å²) in [6, 6.07) is 8.94. The number of carboxylic acid groups (broad SMARTS) is 1. The largest absolute Gasteiger partial charge is 0.491 e. The van der Waals surface area contributed by atoms with Crippen LogP contribution in [0.4, 0.5) is 5.69 Å². The van der Waals surface area contributed by atoms with Crippen LogP contribution in [0.5, 0.6) is 5.75 Å². The zero-order valence-corrected chi connectivity index (χ0v) is 18.7. The highest BCUT2D eigenvalue weighted by Gasteiger charge is 2.57. The summed E-state index contributed by atoms with van der Waals surface area (Å²) in [6.07, 6.45) is 5.05. The monoisotopic (exact) mass is 472 g/mol. The van der Waals surface area contributed by atoms with Crippen molar-refractivity contribution < 1.29 is 23.1 Å². The number of rotatable bonds is 8. The van der Waals surface area contributed by atoms with Crippen molar-refractivity contribution in [2.24, 2.45) is 11.3 Å². The fourth-order valence-corrected chi connectivity index (χ4v) is 6.32. The van der Waals surface area contributed by atoms with Crippen molar-refractivity contribution in [3.8, 4) is 11.8 Å². The highest BCUT2D eigenvalue weighted by molar-refractivity contribution is 7.92. The summed E-state index contributed by atoms with van der Waals surface area (Å²) in [7, 11) is -4.15. The summed E-state index contributed by atoms with van der Waals surface area (Å²) in [4.78, 5) is 11.4. The molecular weight excluding hydrogens is 452 g/mol. The van der Waals surface area contributed by atoms with Crippen LogP contribution >= 0.6 is 11.6 Å². The van der Waals surface area contributed by atoms with E-state index in [0.717, 1.165) is 38.0 Å². The number of carboxylic acids is 1. The lowest BCUT2D eigenvalue weighted by Crippen LogP contribution is -2.55. The van der Waals surface area contributed by atoms with Gasteiger partial charge in [0.05, 0.1) is 33.3 Å². The zero-order chi connectivity index (χ0) is 22.7. The van der Waals surface area contributed by atoms with Crippen molar-refractivity contribution in [1.82, 2.24) is 0 Å². The van der Waals surface area contributed by atoms with E-state index in [1.807, 2.05) is 6.07 Å². The lowest BCUT2D eigenvalue weighted by molar-refractivity contribution is -0.131. The van der Waals surface area contributed by atoms with E-state index < -0.39 is 16.0 Å². The Hall–Kier alpha value is -2.76. The Morgan fingerprint density at radius 1 is 1.25 bits per heavy atom. The number of hydrogen-bond donors (Lipinski definition) is 2. The summed E-state index contributed by atoms with van der Waals surface area (Å²) in [6.45, 7) is 0.461. The zero-order valence-electron chi connectivity index (χ0n) is 17.1. The molecule has 2 bridgehead atoms. The molecule has 0 spiro atoms. The summed E-state index contributed by atoms with van der Waals surface area (Å²) in [5, 5.41) is 18.9. The van der Waals surface area contributed by atoms with Gasteiger partial charge in [0, 0.05) is 11.5 Å². The average Bonchev–Trinajstić information content (AvgIpc) is 3.52. The number of halogens is 1. The molecular formula is C23H21ClN2O5S. The van der Waals surface area contributed by atoms with Crippen molar-refractivity contribution in [2.45, 2.75) is 42.9 Å². The molecule has 166 valence electrons. The molecule has 0 aliphatic heterocycles. The van der Waals surface area contributed by atoms with Crippen molar-refractivity contribution in [2.75, 3.05) is 11.3 Å². The van der Waals surface area contributed by atoms with Gasteiger partial charge in [-0.3, -0.25) is 4.72 Å². The summed E-state index contributed by atoms with van der Waals surface area (Å²) < 4.78 is 35.2. The molecule has 0 saturated heterocycles. The number of sulfonamides is 1. The third-order valence-electron chi connectivity index (χ3n) is 6.70. The van der Waals surface area contributed by atoms with Crippen molar-refractivity contribution in [1.29, 1.82) is 5.26 Å². The quantitative estimate of drug-likeness (QED) is 0.571. The van der Waals surface area contributed by atoms with Crippen LogP contribution in [-0.2, 0) is 10.0 Å². The molecule has 32 heavy (non-hydrogen) atoms. The van der Waals surface area contributed by atoms with Crippen LogP contribution in [0.25, 0.3) is 0 Å². The van der Waals surface area contributed by atoms with Gasteiger partial charge in [0.25, 0.3) is 10.0 Å². The first-order chi connectivity index (χ1) is 15.2. The molecule has 7 nitrogen and oxygen atoms in total. The van der Waals surface area contributed by atoms with E-state index in [-0.39, 0.29) is 43.8 Å². The second-order valence-electron chi connectivity index (χ2n) is 9.14. The molecule has 2 aromatic carbocycles. The molecule has 0 unspecified atom stereocenters. The predicted molar refractivity (Wildman–Crippen MR) is 118 cm³/mol. The van der Waals surface area contributed by atoms with E-state index in [1.54, 1.807) is 6.07 Å². The third kappa shape index (κ3) is 3.70. The Labute approximate surface area is 191 Å². The van der Waals surface area contributed by atoms with Gasteiger partial charge in [0.1, 0.15) is 11.8 Å². The maximum Gasteiger partial charge on any atom is 0.335 e. The van der Waals surface area contributed by atoms with Crippen molar-refractivity contribution in [3.05, 3.63) is 52.0 Å². The lowest BCUT2D eigenvalue weighted by Gasteiger charge is -2.61. The van der Waals surface area contributed by atoms with Gasteiger partial charge in [0.2, 0.25) is 0 Å². The Morgan fingerprint density at radius 3 is 2.53 bits per heavy atom. The third-order valence-corrected chi connectivity index (χ3v) is 8.43. The molecule has 4 aliphatic rings. The Balaban J connectivity index is 1.50. The summed E-state index contributed by atoms with van der Waals surface area (Å²) in [5.41, 5.74) is 0.872.